The largest absolute Gasteiger partial charge is 0.388 e. The highest BCUT2D eigenvalue weighted by Gasteiger charge is 2.08. The number of aliphatic hydroxyl groups excluding tert-OH is 1. The topological polar surface area (TPSA) is 54.2 Å². The maximum absolute atomic E-state index is 9.09. The Morgan fingerprint density at radius 1 is 1.25 bits per heavy atom. The summed E-state index contributed by atoms with van der Waals surface area (Å²) >= 11 is 1.62. The zero-order chi connectivity index (χ0) is 14.5. The molecule has 6 heteroatoms. The van der Waals surface area contributed by atoms with Gasteiger partial charge in [-0.15, -0.1) is 10.2 Å². The molecule has 1 aromatic carbocycles. The fourth-order valence-corrected chi connectivity index (χ4v) is 2.67. The number of thioether (sulfide) groups is 1. The van der Waals surface area contributed by atoms with Gasteiger partial charge in [-0.2, -0.15) is 0 Å². The SMILES string of the molecule is CCN(C)c1ccc(CSc2nnc(CO)n2C)cc1. The Kier molecular flexibility index (Phi) is 5.03. The second kappa shape index (κ2) is 6.76. The molecule has 0 aliphatic rings. The van der Waals surface area contributed by atoms with Crippen molar-refractivity contribution in [2.24, 2.45) is 7.05 Å². The average molecular weight is 292 g/mol. The van der Waals surface area contributed by atoms with Gasteiger partial charge in [0.15, 0.2) is 11.0 Å². The molecule has 0 saturated carbocycles. The first-order chi connectivity index (χ1) is 9.65. The lowest BCUT2D eigenvalue weighted by molar-refractivity contribution is 0.266. The van der Waals surface area contributed by atoms with E-state index in [-0.39, 0.29) is 6.61 Å². The molecule has 20 heavy (non-hydrogen) atoms. The fourth-order valence-electron chi connectivity index (χ4n) is 1.79. The highest BCUT2D eigenvalue weighted by Crippen LogP contribution is 2.22. The smallest absolute Gasteiger partial charge is 0.191 e. The molecule has 0 spiro atoms. The molecule has 0 unspecified atom stereocenters. The van der Waals surface area contributed by atoms with E-state index in [0.29, 0.717) is 5.82 Å². The molecule has 0 atom stereocenters. The van der Waals surface area contributed by atoms with Crippen LogP contribution in [0, 0.1) is 0 Å². The standard InChI is InChI=1S/C14H20N4OS/c1-4-17(2)12-7-5-11(6-8-12)10-20-14-16-15-13(9-19)18(14)3/h5-8,19H,4,9-10H2,1-3H3. The fraction of sp³-hybridized carbons (Fsp3) is 0.429. The van der Waals surface area contributed by atoms with Gasteiger partial charge in [-0.3, -0.25) is 0 Å². The predicted molar refractivity (Wildman–Crippen MR) is 81.9 cm³/mol. The van der Waals surface area contributed by atoms with Gasteiger partial charge in [0, 0.05) is 32.1 Å². The highest BCUT2D eigenvalue weighted by atomic mass is 32.2. The van der Waals surface area contributed by atoms with Crippen LogP contribution < -0.4 is 4.90 Å². The Labute approximate surface area is 123 Å². The van der Waals surface area contributed by atoms with E-state index in [1.165, 1.54) is 11.3 Å². The van der Waals surface area contributed by atoms with Crippen LogP contribution in [0.3, 0.4) is 0 Å². The number of rotatable bonds is 6. The van der Waals surface area contributed by atoms with Gasteiger partial charge in [0.2, 0.25) is 0 Å². The Bertz CT molecular complexity index is 553. The molecular weight excluding hydrogens is 272 g/mol. The van der Waals surface area contributed by atoms with Crippen molar-refractivity contribution in [2.75, 3.05) is 18.5 Å². The molecular formula is C14H20N4OS. The number of anilines is 1. The first-order valence-electron chi connectivity index (χ1n) is 6.57. The van der Waals surface area contributed by atoms with E-state index in [1.807, 2.05) is 11.6 Å². The van der Waals surface area contributed by atoms with Gasteiger partial charge in [-0.1, -0.05) is 23.9 Å². The molecule has 108 valence electrons. The van der Waals surface area contributed by atoms with Crippen molar-refractivity contribution in [3.63, 3.8) is 0 Å². The third-order valence-electron chi connectivity index (χ3n) is 3.29. The minimum absolute atomic E-state index is 0.0812. The number of nitrogens with zero attached hydrogens (tertiary/aromatic N) is 4. The first kappa shape index (κ1) is 14.9. The molecule has 2 rings (SSSR count). The van der Waals surface area contributed by atoms with Gasteiger partial charge >= 0.3 is 0 Å². The summed E-state index contributed by atoms with van der Waals surface area (Å²) in [5.41, 5.74) is 2.47. The van der Waals surface area contributed by atoms with E-state index in [1.54, 1.807) is 11.8 Å². The Morgan fingerprint density at radius 2 is 1.95 bits per heavy atom. The van der Waals surface area contributed by atoms with Crippen LogP contribution in [0.25, 0.3) is 0 Å². The first-order valence-corrected chi connectivity index (χ1v) is 7.56. The normalized spacial score (nSPS) is 10.8. The second-order valence-corrected chi connectivity index (χ2v) is 5.53. The molecule has 0 aliphatic carbocycles. The van der Waals surface area contributed by atoms with Crippen LogP contribution in [0.4, 0.5) is 5.69 Å². The summed E-state index contributed by atoms with van der Waals surface area (Å²) in [7, 11) is 3.95. The van der Waals surface area contributed by atoms with E-state index in [9.17, 15) is 0 Å². The summed E-state index contributed by atoms with van der Waals surface area (Å²) in [5, 5.41) is 17.9. The van der Waals surface area contributed by atoms with Gasteiger partial charge < -0.3 is 14.6 Å². The summed E-state index contributed by atoms with van der Waals surface area (Å²) in [5.74, 6) is 1.43. The molecule has 1 aromatic heterocycles. The van der Waals surface area contributed by atoms with E-state index in [2.05, 4.69) is 53.3 Å². The van der Waals surface area contributed by atoms with E-state index in [4.69, 9.17) is 5.11 Å². The van der Waals surface area contributed by atoms with Crippen LogP contribution in [0.1, 0.15) is 18.3 Å². The van der Waals surface area contributed by atoms with Crippen molar-refractivity contribution in [2.45, 2.75) is 24.4 Å². The zero-order valence-corrected chi connectivity index (χ0v) is 12.9. The molecule has 0 radical (unpaired) electrons. The van der Waals surface area contributed by atoms with Crippen LogP contribution >= 0.6 is 11.8 Å². The Hall–Kier alpha value is -1.53. The average Bonchev–Trinajstić information content (AvgIpc) is 2.85. The highest BCUT2D eigenvalue weighted by molar-refractivity contribution is 7.98. The van der Waals surface area contributed by atoms with Gasteiger partial charge in [-0.25, -0.2) is 0 Å². The van der Waals surface area contributed by atoms with Crippen molar-refractivity contribution in [3.05, 3.63) is 35.7 Å². The minimum Gasteiger partial charge on any atom is -0.388 e. The van der Waals surface area contributed by atoms with Gasteiger partial charge in [-0.05, 0) is 24.6 Å². The lowest BCUT2D eigenvalue weighted by Crippen LogP contribution is -2.15. The van der Waals surface area contributed by atoms with Crippen LogP contribution in [-0.4, -0.2) is 33.5 Å². The van der Waals surface area contributed by atoms with Crippen molar-refractivity contribution in [3.8, 4) is 0 Å². The minimum atomic E-state index is -0.0812. The molecule has 5 nitrogen and oxygen atoms in total. The summed E-state index contributed by atoms with van der Waals surface area (Å²) < 4.78 is 1.82. The van der Waals surface area contributed by atoms with Crippen molar-refractivity contribution in [1.82, 2.24) is 14.8 Å². The molecule has 0 aliphatic heterocycles. The maximum Gasteiger partial charge on any atom is 0.191 e. The summed E-state index contributed by atoms with van der Waals surface area (Å²) in [6.07, 6.45) is 0. The quantitative estimate of drug-likeness (QED) is 0.826. The molecule has 1 N–H and O–H groups in total. The second-order valence-electron chi connectivity index (χ2n) is 4.59. The number of benzene rings is 1. The van der Waals surface area contributed by atoms with Crippen molar-refractivity contribution in [1.29, 1.82) is 0 Å². The van der Waals surface area contributed by atoms with Crippen LogP contribution in [-0.2, 0) is 19.4 Å². The molecule has 1 heterocycles. The molecule has 0 fully saturated rings. The van der Waals surface area contributed by atoms with Crippen molar-refractivity contribution < 1.29 is 5.11 Å². The number of hydrogen-bond acceptors (Lipinski definition) is 5. The van der Waals surface area contributed by atoms with Gasteiger partial charge in [0.1, 0.15) is 6.61 Å². The Morgan fingerprint density at radius 3 is 2.50 bits per heavy atom. The van der Waals surface area contributed by atoms with Crippen LogP contribution in [0.15, 0.2) is 29.4 Å². The lowest BCUT2D eigenvalue weighted by Gasteiger charge is -2.16. The number of hydrogen-bond donors (Lipinski definition) is 1. The van der Waals surface area contributed by atoms with Gasteiger partial charge in [0.05, 0.1) is 0 Å². The summed E-state index contributed by atoms with van der Waals surface area (Å²) in [6.45, 7) is 3.05. The lowest BCUT2D eigenvalue weighted by atomic mass is 10.2. The molecule has 2 aromatic rings. The maximum atomic E-state index is 9.09. The molecule has 0 bridgehead atoms. The summed E-state index contributed by atoms with van der Waals surface area (Å²) in [6, 6.07) is 8.54. The van der Waals surface area contributed by atoms with Gasteiger partial charge in [0.25, 0.3) is 0 Å². The van der Waals surface area contributed by atoms with E-state index < -0.39 is 0 Å². The monoisotopic (exact) mass is 292 g/mol. The third kappa shape index (κ3) is 3.32. The molecule has 0 amide bonds. The van der Waals surface area contributed by atoms with Crippen LogP contribution in [0.5, 0.6) is 0 Å². The Balaban J connectivity index is 1.98. The molecule has 0 saturated heterocycles. The number of aliphatic hydroxyl groups is 1. The summed E-state index contributed by atoms with van der Waals surface area (Å²) in [4.78, 5) is 2.20. The third-order valence-corrected chi connectivity index (χ3v) is 4.38. The predicted octanol–water partition coefficient (Wildman–Crippen LogP) is 2.06. The number of aromatic nitrogens is 3. The van der Waals surface area contributed by atoms with E-state index >= 15 is 0 Å². The van der Waals surface area contributed by atoms with Crippen molar-refractivity contribution >= 4 is 17.4 Å². The van der Waals surface area contributed by atoms with Crippen LogP contribution in [0.2, 0.25) is 0 Å². The van der Waals surface area contributed by atoms with E-state index in [0.717, 1.165) is 17.5 Å². The zero-order valence-electron chi connectivity index (χ0n) is 12.1.